The van der Waals surface area contributed by atoms with Gasteiger partial charge in [-0.2, -0.15) is 0 Å². The molecule has 2 saturated carbocycles. The van der Waals surface area contributed by atoms with Crippen molar-refractivity contribution in [2.75, 3.05) is 14.1 Å². The Bertz CT molecular complexity index is 1550. The first-order valence-electron chi connectivity index (χ1n) is 14.9. The first-order chi connectivity index (χ1) is 20.0. The molecule has 5 aliphatic carbocycles. The molecule has 10 nitrogen and oxygen atoms in total. The zero-order valence-electron chi connectivity index (χ0n) is 25.1. The quantitative estimate of drug-likeness (QED) is 0.279. The first kappa shape index (κ1) is 29.8. The number of nitrogens with two attached hydrogens (primary N) is 1. The number of fused-ring (bicyclic) bond motifs is 5. The van der Waals surface area contributed by atoms with Gasteiger partial charge < -0.3 is 31.5 Å². The molecule has 2 unspecified atom stereocenters. The van der Waals surface area contributed by atoms with Crippen LogP contribution >= 0.6 is 0 Å². The second kappa shape index (κ2) is 9.36. The van der Waals surface area contributed by atoms with E-state index in [0.29, 0.717) is 5.92 Å². The summed E-state index contributed by atoms with van der Waals surface area (Å²) in [6.07, 6.45) is 3.08. The molecule has 2 bridgehead atoms. The van der Waals surface area contributed by atoms with Gasteiger partial charge in [-0.15, -0.1) is 0 Å². The number of rotatable bonds is 5. The molecule has 1 amide bonds. The van der Waals surface area contributed by atoms with Gasteiger partial charge in [-0.25, -0.2) is 4.39 Å². The summed E-state index contributed by atoms with van der Waals surface area (Å²) in [5.74, 6) is -7.59. The Morgan fingerprint density at radius 2 is 1.84 bits per heavy atom. The molecule has 6 rings (SSSR count). The highest BCUT2D eigenvalue weighted by molar-refractivity contribution is 6.24. The van der Waals surface area contributed by atoms with Crippen LogP contribution in [-0.2, 0) is 22.6 Å². The number of primary amides is 1. The number of aliphatic hydroxyl groups is 3. The van der Waals surface area contributed by atoms with Crippen LogP contribution in [0, 0.1) is 34.4 Å². The topological polar surface area (TPSA) is 173 Å². The van der Waals surface area contributed by atoms with Gasteiger partial charge in [-0.05, 0) is 74.9 Å². The van der Waals surface area contributed by atoms with Gasteiger partial charge >= 0.3 is 0 Å². The SMILES string of the molecule is CN(C)[C@@H]1C(O)=C(C(N)=O)C(=O)[C@@]2(O)C(O)=C3C(=O)c4c(O)cc(CN[C@@H]5CC6CCC5(C)C6(C)C)c(F)c4C[C@H]3C[C@@H]12. The van der Waals surface area contributed by atoms with Crippen molar-refractivity contribution < 1.29 is 39.2 Å². The fraction of sp³-hybridized carbons (Fsp3) is 0.594. The summed E-state index contributed by atoms with van der Waals surface area (Å²) < 4.78 is 16.2. The lowest BCUT2D eigenvalue weighted by atomic mass is 9.58. The molecule has 0 saturated heterocycles. The number of hydrogen-bond donors (Lipinski definition) is 6. The third kappa shape index (κ3) is 3.70. The Morgan fingerprint density at radius 1 is 1.16 bits per heavy atom. The molecule has 0 heterocycles. The average Bonchev–Trinajstić information content (AvgIpc) is 3.25. The molecule has 5 aliphatic rings. The number of amides is 1. The van der Waals surface area contributed by atoms with Crippen LogP contribution < -0.4 is 11.1 Å². The number of nitrogens with zero attached hydrogens (tertiary/aromatic N) is 1. The third-order valence-electron chi connectivity index (χ3n) is 12.1. The number of nitrogens with one attached hydrogen (secondary N) is 1. The van der Waals surface area contributed by atoms with Crippen molar-refractivity contribution in [3.05, 3.63) is 51.2 Å². The van der Waals surface area contributed by atoms with E-state index in [2.05, 4.69) is 26.1 Å². The van der Waals surface area contributed by atoms with Gasteiger partial charge in [0.15, 0.2) is 11.4 Å². The largest absolute Gasteiger partial charge is 0.510 e. The van der Waals surface area contributed by atoms with E-state index in [1.807, 2.05) is 0 Å². The molecular weight excluding hydrogens is 557 g/mol. The van der Waals surface area contributed by atoms with Gasteiger partial charge in [0.25, 0.3) is 5.91 Å². The summed E-state index contributed by atoms with van der Waals surface area (Å²) in [6, 6.07) is 0.296. The maximum Gasteiger partial charge on any atom is 0.255 e. The van der Waals surface area contributed by atoms with Crippen LogP contribution in [0.3, 0.4) is 0 Å². The fourth-order valence-electron chi connectivity index (χ4n) is 9.23. The Morgan fingerprint density at radius 3 is 2.40 bits per heavy atom. The molecule has 7 N–H and O–H groups in total. The maximum atomic E-state index is 16.2. The number of aliphatic hydroxyl groups excluding tert-OH is 2. The van der Waals surface area contributed by atoms with Gasteiger partial charge in [0.05, 0.1) is 11.6 Å². The highest BCUT2D eigenvalue weighted by Crippen LogP contribution is 2.65. The van der Waals surface area contributed by atoms with Gasteiger partial charge in [0.1, 0.15) is 28.7 Å². The van der Waals surface area contributed by atoms with Gasteiger partial charge in [-0.1, -0.05) is 20.8 Å². The summed E-state index contributed by atoms with van der Waals surface area (Å²) in [7, 11) is 3.12. The lowest BCUT2D eigenvalue weighted by molar-refractivity contribution is -0.148. The Labute approximate surface area is 249 Å². The fourth-order valence-corrected chi connectivity index (χ4v) is 9.23. The van der Waals surface area contributed by atoms with Crippen LogP contribution in [0.1, 0.15) is 67.9 Å². The standard InChI is InChI=1S/C32H40FN3O7/c1-30(2)15-6-7-31(30,3)19(11-15)35-12-14-10-18(37)21-16(23(14)33)8-13-9-17-24(36(4)5)26(39)22(29(34)42)28(41)32(17,43)27(40)20(13)25(21)38/h10,13,15,17,19,24,35,37,39-40,43H,6-9,11-12H2,1-5H3,(H2,34,42)/t13-,15?,17-,19+,24-,31?,32-/m0/s1. The number of phenolic OH excluding ortho intramolecular Hbond substituents is 1. The van der Waals surface area contributed by atoms with E-state index >= 15 is 4.39 Å². The van der Waals surface area contributed by atoms with Gasteiger partial charge in [0.2, 0.25) is 5.78 Å². The molecule has 11 heteroatoms. The van der Waals surface area contributed by atoms with Gasteiger partial charge in [0, 0.05) is 35.2 Å². The van der Waals surface area contributed by atoms with Crippen LogP contribution in [0.25, 0.3) is 0 Å². The zero-order chi connectivity index (χ0) is 31.5. The lowest BCUT2D eigenvalue weighted by Crippen LogP contribution is -2.63. The number of allylic oxidation sites excluding steroid dienone is 1. The molecule has 7 atom stereocenters. The monoisotopic (exact) mass is 597 g/mol. The number of benzene rings is 1. The molecule has 232 valence electrons. The summed E-state index contributed by atoms with van der Waals surface area (Å²) in [5.41, 5.74) is 1.59. The second-order valence-corrected chi connectivity index (χ2v) is 14.2. The Kier molecular flexibility index (Phi) is 6.48. The van der Waals surface area contributed by atoms with E-state index in [1.165, 1.54) is 17.4 Å². The van der Waals surface area contributed by atoms with Crippen LogP contribution in [0.4, 0.5) is 4.39 Å². The first-order valence-corrected chi connectivity index (χ1v) is 14.9. The zero-order valence-corrected chi connectivity index (χ0v) is 25.1. The Balaban J connectivity index is 1.37. The van der Waals surface area contributed by atoms with Crippen molar-refractivity contribution in [3.8, 4) is 5.75 Å². The number of phenols is 1. The smallest absolute Gasteiger partial charge is 0.255 e. The van der Waals surface area contributed by atoms with E-state index in [1.54, 1.807) is 14.1 Å². The average molecular weight is 598 g/mol. The minimum Gasteiger partial charge on any atom is -0.510 e. The van der Waals surface area contributed by atoms with Crippen LogP contribution in [0.5, 0.6) is 5.75 Å². The number of Topliss-reactive ketones (excluding diaryl/α,β-unsaturated/α-hetero) is 2. The van der Waals surface area contributed by atoms with Crippen molar-refractivity contribution in [3.63, 3.8) is 0 Å². The van der Waals surface area contributed by atoms with Crippen LogP contribution in [0.2, 0.25) is 0 Å². The van der Waals surface area contributed by atoms with E-state index in [4.69, 9.17) is 5.73 Å². The normalized spacial score (nSPS) is 36.2. The van der Waals surface area contributed by atoms with Crippen LogP contribution in [-0.4, -0.2) is 74.6 Å². The van der Waals surface area contributed by atoms with Gasteiger partial charge in [-0.3, -0.25) is 19.3 Å². The summed E-state index contributed by atoms with van der Waals surface area (Å²) in [6.45, 7) is 7.02. The molecule has 1 aromatic carbocycles. The van der Waals surface area contributed by atoms with Crippen molar-refractivity contribution in [1.82, 2.24) is 10.2 Å². The minimum absolute atomic E-state index is 0.00871. The number of aromatic hydroxyl groups is 1. The molecule has 0 spiro atoms. The second-order valence-electron chi connectivity index (χ2n) is 14.2. The van der Waals surface area contributed by atoms with Crippen molar-refractivity contribution >= 4 is 17.5 Å². The summed E-state index contributed by atoms with van der Waals surface area (Å²) in [4.78, 5) is 40.8. The Hall–Kier alpha value is -3.28. The van der Waals surface area contributed by atoms with Crippen molar-refractivity contribution in [2.24, 2.45) is 34.3 Å². The molecule has 0 aromatic heterocycles. The van der Waals surface area contributed by atoms with Crippen LogP contribution in [0.15, 0.2) is 28.7 Å². The number of hydrogen-bond acceptors (Lipinski definition) is 9. The number of likely N-dealkylation sites (N-methyl/N-ethyl adjacent to an activating group) is 1. The molecule has 0 radical (unpaired) electrons. The van der Waals surface area contributed by atoms with Crippen molar-refractivity contribution in [1.29, 1.82) is 0 Å². The van der Waals surface area contributed by atoms with E-state index in [9.17, 15) is 34.8 Å². The molecular formula is C32H40FN3O7. The number of carbonyl (C=O) groups excluding carboxylic acids is 3. The molecule has 43 heavy (non-hydrogen) atoms. The van der Waals surface area contributed by atoms with E-state index in [0.717, 1.165) is 12.8 Å². The minimum atomic E-state index is -2.73. The highest BCUT2D eigenvalue weighted by Gasteiger charge is 2.64. The number of halogens is 1. The predicted octanol–water partition coefficient (Wildman–Crippen LogP) is 2.56. The predicted molar refractivity (Wildman–Crippen MR) is 153 cm³/mol. The van der Waals surface area contributed by atoms with Crippen molar-refractivity contribution in [2.45, 2.75) is 77.1 Å². The molecule has 2 fully saturated rings. The lowest BCUT2D eigenvalue weighted by Gasteiger charge is -2.50. The summed E-state index contributed by atoms with van der Waals surface area (Å²) >= 11 is 0. The highest BCUT2D eigenvalue weighted by atomic mass is 19.1. The molecule has 1 aromatic rings. The number of carbonyl (C=O) groups is 3. The summed E-state index contributed by atoms with van der Waals surface area (Å²) in [5, 5.41) is 48.5. The maximum absolute atomic E-state index is 16.2. The number of ketones is 2. The third-order valence-corrected chi connectivity index (χ3v) is 12.1. The molecule has 0 aliphatic heterocycles. The van der Waals surface area contributed by atoms with E-state index < -0.39 is 69.6 Å². The van der Waals surface area contributed by atoms with E-state index in [-0.39, 0.29) is 58.5 Å².